The van der Waals surface area contributed by atoms with Crippen molar-refractivity contribution in [2.24, 2.45) is 0 Å². The Balaban J connectivity index is 2.66. The Morgan fingerprint density at radius 2 is 2.31 bits per heavy atom. The number of benzene rings is 1. The molecule has 0 aliphatic carbocycles. The summed E-state index contributed by atoms with van der Waals surface area (Å²) in [6.07, 6.45) is 0.0276. The average molecular weight is 222 g/mol. The van der Waals surface area contributed by atoms with Crippen LogP contribution in [0.2, 0.25) is 0 Å². The van der Waals surface area contributed by atoms with Gasteiger partial charge in [-0.25, -0.2) is 4.39 Å². The molecule has 1 aromatic carbocycles. The fourth-order valence-corrected chi connectivity index (χ4v) is 1.37. The molecule has 0 aliphatic heterocycles. The molecule has 1 unspecified atom stereocenters. The van der Waals surface area contributed by atoms with Gasteiger partial charge < -0.3 is 10.1 Å². The van der Waals surface area contributed by atoms with Gasteiger partial charge in [0.2, 0.25) is 0 Å². The Morgan fingerprint density at radius 3 is 2.94 bits per heavy atom. The number of ether oxygens (including phenoxy) is 1. The average Bonchev–Trinajstić information content (AvgIpc) is 2.27. The van der Waals surface area contributed by atoms with Crippen LogP contribution >= 0.6 is 0 Å². The summed E-state index contributed by atoms with van der Waals surface area (Å²) in [6, 6.07) is 6.10. The number of likely N-dealkylation sites (N-methyl/N-ethyl adjacent to an activating group) is 1. The molecule has 0 amide bonds. The van der Waals surface area contributed by atoms with Crippen LogP contribution in [-0.4, -0.2) is 19.7 Å². The van der Waals surface area contributed by atoms with Gasteiger partial charge >= 0.3 is 0 Å². The molecular weight excluding hydrogens is 207 g/mol. The molecule has 86 valence electrons. The second kappa shape index (κ2) is 6.21. The monoisotopic (exact) mass is 222 g/mol. The lowest BCUT2D eigenvalue weighted by Crippen LogP contribution is -2.23. The largest absolute Gasteiger partial charge is 0.372 e. The highest BCUT2D eigenvalue weighted by molar-refractivity contribution is 5.37. The van der Waals surface area contributed by atoms with E-state index in [0.29, 0.717) is 11.1 Å². The lowest BCUT2D eigenvalue weighted by molar-refractivity contribution is 0.0542. The van der Waals surface area contributed by atoms with E-state index >= 15 is 0 Å². The maximum Gasteiger partial charge on any atom is 0.123 e. The second-order valence-corrected chi connectivity index (χ2v) is 3.59. The summed E-state index contributed by atoms with van der Waals surface area (Å²) in [5, 5.41) is 11.8. The first kappa shape index (κ1) is 12.6. The van der Waals surface area contributed by atoms with Crippen LogP contribution in [0.5, 0.6) is 0 Å². The van der Waals surface area contributed by atoms with Gasteiger partial charge in [-0.15, -0.1) is 0 Å². The van der Waals surface area contributed by atoms with E-state index < -0.39 is 0 Å². The van der Waals surface area contributed by atoms with E-state index in [1.54, 1.807) is 0 Å². The predicted octanol–water partition coefficient (Wildman–Crippen LogP) is 1.82. The van der Waals surface area contributed by atoms with E-state index in [2.05, 4.69) is 5.32 Å². The Morgan fingerprint density at radius 1 is 1.56 bits per heavy atom. The van der Waals surface area contributed by atoms with Crippen LogP contribution < -0.4 is 5.32 Å². The molecule has 3 nitrogen and oxygen atoms in total. The SMILES string of the molecule is CNCC(C)OCc1cc(F)ccc1C#N. The van der Waals surface area contributed by atoms with Crippen molar-refractivity contribution < 1.29 is 9.13 Å². The van der Waals surface area contributed by atoms with Crippen molar-refractivity contribution in [3.63, 3.8) is 0 Å². The molecular formula is C12H15FN2O. The zero-order valence-corrected chi connectivity index (χ0v) is 9.46. The summed E-state index contributed by atoms with van der Waals surface area (Å²) in [5.74, 6) is -0.348. The Kier molecular flexibility index (Phi) is 4.90. The third-order valence-corrected chi connectivity index (χ3v) is 2.20. The molecule has 16 heavy (non-hydrogen) atoms. The zero-order chi connectivity index (χ0) is 12.0. The van der Waals surface area contributed by atoms with Gasteiger partial charge in [-0.1, -0.05) is 0 Å². The normalized spacial score (nSPS) is 12.1. The molecule has 1 aromatic rings. The predicted molar refractivity (Wildman–Crippen MR) is 59.3 cm³/mol. The van der Waals surface area contributed by atoms with E-state index in [-0.39, 0.29) is 18.5 Å². The molecule has 0 aliphatic rings. The van der Waals surface area contributed by atoms with E-state index in [0.717, 1.165) is 6.54 Å². The van der Waals surface area contributed by atoms with E-state index in [1.807, 2.05) is 20.0 Å². The first-order chi connectivity index (χ1) is 7.67. The minimum atomic E-state index is -0.348. The lowest BCUT2D eigenvalue weighted by Gasteiger charge is -2.13. The van der Waals surface area contributed by atoms with Crippen LogP contribution in [0.1, 0.15) is 18.1 Å². The molecule has 0 bridgehead atoms. The Labute approximate surface area is 94.8 Å². The summed E-state index contributed by atoms with van der Waals surface area (Å²) >= 11 is 0. The topological polar surface area (TPSA) is 45.0 Å². The summed E-state index contributed by atoms with van der Waals surface area (Å²) in [4.78, 5) is 0. The minimum absolute atomic E-state index is 0.0276. The molecule has 0 spiro atoms. The third-order valence-electron chi connectivity index (χ3n) is 2.20. The standard InChI is InChI=1S/C12H15FN2O/c1-9(7-15-2)16-8-11-5-12(13)4-3-10(11)6-14/h3-5,9,15H,7-8H2,1-2H3. The molecule has 1 N–H and O–H groups in total. The first-order valence-electron chi connectivity index (χ1n) is 5.12. The van der Waals surface area contributed by atoms with Crippen molar-refractivity contribution in [2.75, 3.05) is 13.6 Å². The van der Waals surface area contributed by atoms with Gasteiger partial charge in [-0.3, -0.25) is 0 Å². The minimum Gasteiger partial charge on any atom is -0.372 e. The molecule has 0 fully saturated rings. The third kappa shape index (κ3) is 3.61. The van der Waals surface area contributed by atoms with Crippen molar-refractivity contribution in [1.82, 2.24) is 5.32 Å². The molecule has 0 aromatic heterocycles. The fourth-order valence-electron chi connectivity index (χ4n) is 1.37. The van der Waals surface area contributed by atoms with Crippen molar-refractivity contribution in [3.8, 4) is 6.07 Å². The van der Waals surface area contributed by atoms with Crippen molar-refractivity contribution in [3.05, 3.63) is 35.1 Å². The van der Waals surface area contributed by atoms with Gasteiger partial charge in [-0.2, -0.15) is 5.26 Å². The van der Waals surface area contributed by atoms with Gasteiger partial charge in [0.1, 0.15) is 5.82 Å². The van der Waals surface area contributed by atoms with Gasteiger partial charge in [0.15, 0.2) is 0 Å². The molecule has 0 heterocycles. The molecule has 4 heteroatoms. The molecule has 0 saturated heterocycles. The maximum absolute atomic E-state index is 13.0. The zero-order valence-electron chi connectivity index (χ0n) is 9.46. The van der Waals surface area contributed by atoms with Gasteiger partial charge in [0, 0.05) is 6.54 Å². The van der Waals surface area contributed by atoms with E-state index in [9.17, 15) is 4.39 Å². The smallest absolute Gasteiger partial charge is 0.123 e. The lowest BCUT2D eigenvalue weighted by atomic mass is 10.1. The van der Waals surface area contributed by atoms with Crippen LogP contribution in [0.3, 0.4) is 0 Å². The highest BCUT2D eigenvalue weighted by atomic mass is 19.1. The highest BCUT2D eigenvalue weighted by Gasteiger charge is 2.06. The number of rotatable bonds is 5. The van der Waals surface area contributed by atoms with Crippen LogP contribution in [-0.2, 0) is 11.3 Å². The van der Waals surface area contributed by atoms with Gasteiger partial charge in [0.25, 0.3) is 0 Å². The summed E-state index contributed by atoms with van der Waals surface area (Å²) in [7, 11) is 1.84. The number of nitriles is 1. The molecule has 0 radical (unpaired) electrons. The van der Waals surface area contributed by atoms with Crippen molar-refractivity contribution in [2.45, 2.75) is 19.6 Å². The number of hydrogen-bond donors (Lipinski definition) is 1. The highest BCUT2D eigenvalue weighted by Crippen LogP contribution is 2.12. The van der Waals surface area contributed by atoms with Crippen LogP contribution in [0, 0.1) is 17.1 Å². The summed E-state index contributed by atoms with van der Waals surface area (Å²) in [6.45, 7) is 2.89. The Bertz CT molecular complexity index is 387. The fraction of sp³-hybridized carbons (Fsp3) is 0.417. The van der Waals surface area contributed by atoms with Crippen molar-refractivity contribution >= 4 is 0 Å². The first-order valence-corrected chi connectivity index (χ1v) is 5.12. The maximum atomic E-state index is 13.0. The molecule has 0 saturated carbocycles. The van der Waals surface area contributed by atoms with Gasteiger partial charge in [-0.05, 0) is 37.7 Å². The van der Waals surface area contributed by atoms with E-state index in [1.165, 1.54) is 18.2 Å². The molecule has 1 atom stereocenters. The van der Waals surface area contributed by atoms with Crippen molar-refractivity contribution in [1.29, 1.82) is 5.26 Å². The van der Waals surface area contributed by atoms with Crippen LogP contribution in [0.15, 0.2) is 18.2 Å². The van der Waals surface area contributed by atoms with Gasteiger partial charge in [0.05, 0.1) is 24.3 Å². The molecule has 1 rings (SSSR count). The quantitative estimate of drug-likeness (QED) is 0.826. The Hall–Kier alpha value is -1.44. The second-order valence-electron chi connectivity index (χ2n) is 3.59. The number of halogens is 1. The van der Waals surface area contributed by atoms with Crippen LogP contribution in [0.4, 0.5) is 4.39 Å². The number of nitrogens with one attached hydrogen (secondary N) is 1. The summed E-state index contributed by atoms with van der Waals surface area (Å²) < 4.78 is 18.5. The van der Waals surface area contributed by atoms with Crippen LogP contribution in [0.25, 0.3) is 0 Å². The number of nitrogens with zero attached hydrogens (tertiary/aromatic N) is 1. The van der Waals surface area contributed by atoms with E-state index in [4.69, 9.17) is 10.00 Å². The summed E-state index contributed by atoms with van der Waals surface area (Å²) in [5.41, 5.74) is 1.04. The number of hydrogen-bond acceptors (Lipinski definition) is 3.